The number of carbonyl (C=O) groups is 1. The Bertz CT molecular complexity index is 1240. The van der Waals surface area contributed by atoms with Crippen LogP contribution < -0.4 is 25.8 Å². The van der Waals surface area contributed by atoms with Gasteiger partial charge in [-0.3, -0.25) is 4.72 Å². The fraction of sp³-hybridized carbons (Fsp3) is 0.182. The highest BCUT2D eigenvalue weighted by molar-refractivity contribution is 9.10. The fourth-order valence-corrected chi connectivity index (χ4v) is 4.53. The Morgan fingerprint density at radius 3 is 2.74 bits per heavy atom. The minimum absolute atomic E-state index is 0.158. The topological polar surface area (TPSA) is 131 Å². The van der Waals surface area contributed by atoms with Gasteiger partial charge in [0.1, 0.15) is 11.6 Å². The number of nitrogens with one attached hydrogen (secondary N) is 3. The van der Waals surface area contributed by atoms with Crippen LogP contribution in [0.25, 0.3) is 0 Å². The zero-order valence-electron chi connectivity index (χ0n) is 18.1. The Balaban J connectivity index is 1.55. The summed E-state index contributed by atoms with van der Waals surface area (Å²) in [5, 5.41) is 5.95. The quantitative estimate of drug-likeness (QED) is 0.122. The number of rotatable bonds is 10. The molecule has 1 heterocycles. The first-order valence-corrected chi connectivity index (χ1v) is 13.1. The summed E-state index contributed by atoms with van der Waals surface area (Å²) in [5.41, 5.74) is 6.89. The molecular formula is C22H24BrClN6O3S. The summed E-state index contributed by atoms with van der Waals surface area (Å²) in [4.78, 5) is 20.6. The average Bonchev–Trinajstić information content (AvgIpc) is 2.78. The molecule has 0 aliphatic carbocycles. The standard InChI is InChI=1S/C22H24BrClN6O3S/c1-34(32,30-22(31)28-16-7-3-2-4-8-16)19-10-9-15(25)13-18(19)33-12-6-5-11-26-20-17(23)14-27-21(24)29-20/h2-4,7-10,13-14H,1,5-6,11-12,25H2,(H,26,27,29)(H2,28,30,31,32). The molecule has 0 aliphatic heterocycles. The van der Waals surface area contributed by atoms with Crippen LogP contribution in [0.5, 0.6) is 5.75 Å². The molecule has 3 rings (SSSR count). The molecule has 0 fully saturated rings. The van der Waals surface area contributed by atoms with Gasteiger partial charge in [0.2, 0.25) is 5.28 Å². The van der Waals surface area contributed by atoms with Crippen molar-refractivity contribution in [2.24, 2.45) is 0 Å². The predicted molar refractivity (Wildman–Crippen MR) is 141 cm³/mol. The second kappa shape index (κ2) is 11.9. The van der Waals surface area contributed by atoms with Crippen molar-refractivity contribution >= 4 is 66.3 Å². The summed E-state index contributed by atoms with van der Waals surface area (Å²) in [6.45, 7) is 0.974. The van der Waals surface area contributed by atoms with Gasteiger partial charge in [0.15, 0.2) is 0 Å². The SMILES string of the molecule is C=S(=O)(NC(=O)Nc1ccccc1)c1ccc(N)cc1OCCCCNc1nc(Cl)ncc1Br. The van der Waals surface area contributed by atoms with Crippen LogP contribution in [0, 0.1) is 0 Å². The lowest BCUT2D eigenvalue weighted by molar-refractivity contribution is 0.257. The number of benzene rings is 2. The van der Waals surface area contributed by atoms with E-state index in [0.29, 0.717) is 47.0 Å². The number of nitrogens with zero attached hydrogens (tertiary/aromatic N) is 2. The normalized spacial score (nSPS) is 12.4. The number of amides is 2. The van der Waals surface area contributed by atoms with Gasteiger partial charge in [-0.2, -0.15) is 4.98 Å². The lowest BCUT2D eigenvalue weighted by Crippen LogP contribution is -2.34. The summed E-state index contributed by atoms with van der Waals surface area (Å²) in [6.07, 6.45) is 3.04. The number of unbranched alkanes of at least 4 members (excludes halogenated alkanes) is 1. The first kappa shape index (κ1) is 25.6. The summed E-state index contributed by atoms with van der Waals surface area (Å²) in [6, 6.07) is 12.9. The van der Waals surface area contributed by atoms with E-state index in [1.54, 1.807) is 48.7 Å². The van der Waals surface area contributed by atoms with Gasteiger partial charge < -0.3 is 21.1 Å². The van der Waals surface area contributed by atoms with Crippen LogP contribution in [0.3, 0.4) is 0 Å². The Hall–Kier alpha value is -3.02. The highest BCUT2D eigenvalue weighted by atomic mass is 79.9. The van der Waals surface area contributed by atoms with E-state index in [1.807, 2.05) is 6.07 Å². The van der Waals surface area contributed by atoms with Gasteiger partial charge in [-0.15, -0.1) is 0 Å². The third-order valence-electron chi connectivity index (χ3n) is 4.45. The van der Waals surface area contributed by atoms with Gasteiger partial charge in [-0.25, -0.2) is 14.0 Å². The van der Waals surface area contributed by atoms with Gasteiger partial charge in [0, 0.05) is 30.2 Å². The molecule has 0 radical (unpaired) electrons. The van der Waals surface area contributed by atoms with E-state index >= 15 is 0 Å². The van der Waals surface area contributed by atoms with E-state index in [0.717, 1.165) is 6.42 Å². The predicted octanol–water partition coefficient (Wildman–Crippen LogP) is 4.56. The summed E-state index contributed by atoms with van der Waals surface area (Å²) < 4.78 is 22.2. The van der Waals surface area contributed by atoms with E-state index in [9.17, 15) is 9.00 Å². The third-order valence-corrected chi connectivity index (χ3v) is 6.77. The van der Waals surface area contributed by atoms with Gasteiger partial charge in [0.25, 0.3) is 0 Å². The molecule has 0 saturated heterocycles. The molecule has 0 bridgehead atoms. The van der Waals surface area contributed by atoms with Crippen molar-refractivity contribution in [1.82, 2.24) is 14.7 Å². The van der Waals surface area contributed by atoms with Crippen molar-refractivity contribution in [3.05, 3.63) is 64.5 Å². The minimum atomic E-state index is -3.21. The molecule has 0 saturated carbocycles. The second-order valence-corrected chi connectivity index (χ2v) is 10.3. The van der Waals surface area contributed by atoms with Crippen molar-refractivity contribution < 1.29 is 13.7 Å². The van der Waals surface area contributed by atoms with Crippen molar-refractivity contribution in [3.63, 3.8) is 0 Å². The lowest BCUT2D eigenvalue weighted by Gasteiger charge is -2.17. The first-order chi connectivity index (χ1) is 16.2. The number of anilines is 3. The van der Waals surface area contributed by atoms with Gasteiger partial charge in [-0.1, -0.05) is 18.2 Å². The van der Waals surface area contributed by atoms with Crippen LogP contribution in [0.2, 0.25) is 5.28 Å². The maximum absolute atomic E-state index is 13.2. The van der Waals surface area contributed by atoms with E-state index in [2.05, 4.69) is 47.1 Å². The smallest absolute Gasteiger partial charge is 0.330 e. The third kappa shape index (κ3) is 7.51. The molecule has 3 aromatic rings. The Labute approximate surface area is 211 Å². The Kier molecular flexibility index (Phi) is 8.97. The number of halogens is 2. The van der Waals surface area contributed by atoms with Gasteiger partial charge in [-0.05, 0) is 70.5 Å². The van der Waals surface area contributed by atoms with Crippen molar-refractivity contribution in [1.29, 1.82) is 0 Å². The second-order valence-electron chi connectivity index (χ2n) is 7.12. The number of para-hydroxylation sites is 1. The first-order valence-electron chi connectivity index (χ1n) is 10.2. The molecule has 1 atom stereocenters. The monoisotopic (exact) mass is 566 g/mol. The number of carbonyl (C=O) groups excluding carboxylic acids is 1. The van der Waals surface area contributed by atoms with Crippen molar-refractivity contribution in [2.45, 2.75) is 17.7 Å². The number of nitrogen functional groups attached to an aromatic ring is 1. The highest BCUT2D eigenvalue weighted by Gasteiger charge is 2.17. The minimum Gasteiger partial charge on any atom is -0.492 e. The number of urea groups is 1. The van der Waals surface area contributed by atoms with Crippen LogP contribution in [0.4, 0.5) is 22.0 Å². The Morgan fingerprint density at radius 1 is 1.21 bits per heavy atom. The van der Waals surface area contributed by atoms with Crippen LogP contribution in [-0.2, 0) is 9.71 Å². The summed E-state index contributed by atoms with van der Waals surface area (Å²) in [5.74, 6) is 4.63. The molecule has 12 heteroatoms. The fourth-order valence-electron chi connectivity index (χ4n) is 2.88. The molecule has 2 aromatic carbocycles. The van der Waals surface area contributed by atoms with E-state index in [4.69, 9.17) is 22.1 Å². The highest BCUT2D eigenvalue weighted by Crippen LogP contribution is 2.27. The van der Waals surface area contributed by atoms with Crippen LogP contribution in [0.1, 0.15) is 12.8 Å². The molecule has 9 nitrogen and oxygen atoms in total. The summed E-state index contributed by atoms with van der Waals surface area (Å²) in [7, 11) is -3.21. The number of nitrogens with two attached hydrogens (primary N) is 1. The van der Waals surface area contributed by atoms with Crippen molar-refractivity contribution in [2.75, 3.05) is 29.5 Å². The molecule has 180 valence electrons. The van der Waals surface area contributed by atoms with E-state index < -0.39 is 15.7 Å². The number of hydrogen-bond donors (Lipinski definition) is 4. The lowest BCUT2D eigenvalue weighted by atomic mass is 10.3. The number of aromatic nitrogens is 2. The van der Waals surface area contributed by atoms with Crippen LogP contribution in [0.15, 0.2) is 64.1 Å². The van der Waals surface area contributed by atoms with Crippen LogP contribution in [-0.4, -0.2) is 39.2 Å². The van der Waals surface area contributed by atoms with E-state index in [-0.39, 0.29) is 10.2 Å². The molecule has 2 amide bonds. The molecule has 5 N–H and O–H groups in total. The molecular weight excluding hydrogens is 544 g/mol. The largest absolute Gasteiger partial charge is 0.492 e. The number of hydrogen-bond acceptors (Lipinski definition) is 7. The molecule has 1 aromatic heterocycles. The maximum atomic E-state index is 13.2. The molecule has 0 spiro atoms. The zero-order chi connectivity index (χ0) is 24.6. The summed E-state index contributed by atoms with van der Waals surface area (Å²) >= 11 is 9.17. The van der Waals surface area contributed by atoms with E-state index in [1.165, 1.54) is 0 Å². The van der Waals surface area contributed by atoms with Gasteiger partial charge >= 0.3 is 6.03 Å². The average molecular weight is 568 g/mol. The molecule has 1 unspecified atom stereocenters. The molecule has 0 aliphatic rings. The van der Waals surface area contributed by atoms with Crippen molar-refractivity contribution in [3.8, 4) is 5.75 Å². The van der Waals surface area contributed by atoms with Crippen LogP contribution >= 0.6 is 27.5 Å². The number of ether oxygens (including phenoxy) is 1. The zero-order valence-corrected chi connectivity index (χ0v) is 21.3. The Morgan fingerprint density at radius 2 is 1.97 bits per heavy atom. The van der Waals surface area contributed by atoms with Gasteiger partial charge in [0.05, 0.1) is 25.7 Å². The maximum Gasteiger partial charge on any atom is 0.330 e. The molecule has 34 heavy (non-hydrogen) atoms.